The van der Waals surface area contributed by atoms with Gasteiger partial charge in [0.1, 0.15) is 43.2 Å². The third kappa shape index (κ3) is 22.3. The molecule has 0 spiro atoms. The third-order valence-corrected chi connectivity index (χ3v) is 9.70. The molecular weight excluding hydrogens is 695 g/mol. The summed E-state index contributed by atoms with van der Waals surface area (Å²) in [5, 5.41) is 49.9. The number of phosphoric acid groups is 1. The van der Waals surface area contributed by atoms with Crippen LogP contribution in [0.25, 0.3) is 0 Å². The Morgan fingerprint density at radius 1 is 0.596 bits per heavy atom. The highest BCUT2D eigenvalue weighted by molar-refractivity contribution is 7.47. The molecule has 52 heavy (non-hydrogen) atoms. The van der Waals surface area contributed by atoms with Crippen molar-refractivity contribution in [3.63, 3.8) is 0 Å². The second-order valence-electron chi connectivity index (χ2n) is 13.4. The van der Waals surface area contributed by atoms with Crippen molar-refractivity contribution in [1.82, 2.24) is 0 Å². The summed E-state index contributed by atoms with van der Waals surface area (Å²) < 4.78 is 33.2. The Hall–Kier alpha value is -1.93. The number of carbonyl (C=O) groups is 2. The highest BCUT2D eigenvalue weighted by Crippen LogP contribution is 2.47. The first kappa shape index (κ1) is 48.1. The minimum Gasteiger partial charge on any atom is -0.462 e. The summed E-state index contributed by atoms with van der Waals surface area (Å²) in [5.41, 5.74) is 0. The number of rotatable bonds is 30. The molecule has 1 aliphatic carbocycles. The fourth-order valence-electron chi connectivity index (χ4n) is 5.50. The van der Waals surface area contributed by atoms with Crippen LogP contribution in [0.2, 0.25) is 0 Å². The molecule has 1 saturated carbocycles. The lowest BCUT2D eigenvalue weighted by molar-refractivity contribution is -0.220. The van der Waals surface area contributed by atoms with Crippen molar-refractivity contribution in [2.75, 3.05) is 13.2 Å². The summed E-state index contributed by atoms with van der Waals surface area (Å²) in [4.78, 5) is 35.3. The average Bonchev–Trinajstić information content (AvgIpc) is 3.12. The summed E-state index contributed by atoms with van der Waals surface area (Å²) >= 11 is 0. The number of phosphoric ester groups is 1. The molecule has 302 valence electrons. The standard InChI is InChI=1S/C38H67O13P/c1-3-5-7-9-11-13-15-16-17-19-21-23-25-27-32(40)50-30(28-48-31(39)26-24-22-20-18-14-12-10-8-6-4-2)29-49-52(46,47)51-38-36(44)34(42)33(41)35(43)37(38)45/h10,12,16-17,21,23,30,33-38,41-45H,3-9,11,13-15,18-20,22,24-29H2,1-2H3,(H,46,47)/b12-10+,17-16+,23-21+/t30?,33?,34-,35?,36?,37?,38?/m1/s1. The third-order valence-electron chi connectivity index (χ3n) is 8.72. The van der Waals surface area contributed by atoms with E-state index in [0.717, 1.165) is 44.9 Å². The normalized spacial score (nSPS) is 24.1. The molecule has 7 unspecified atom stereocenters. The molecule has 0 amide bonds. The van der Waals surface area contributed by atoms with Crippen molar-refractivity contribution in [2.45, 2.75) is 179 Å². The monoisotopic (exact) mass is 762 g/mol. The van der Waals surface area contributed by atoms with Crippen molar-refractivity contribution in [1.29, 1.82) is 0 Å². The summed E-state index contributed by atoms with van der Waals surface area (Å²) in [7, 11) is -5.12. The zero-order valence-corrected chi connectivity index (χ0v) is 32.2. The molecule has 14 heteroatoms. The van der Waals surface area contributed by atoms with Crippen LogP contribution in [0.1, 0.15) is 136 Å². The number of aliphatic hydroxyl groups is 5. The summed E-state index contributed by atoms with van der Waals surface area (Å²) in [5.74, 6) is -1.20. The predicted octanol–water partition coefficient (Wildman–Crippen LogP) is 5.88. The number of esters is 2. The maximum absolute atomic E-state index is 12.7. The first-order valence-electron chi connectivity index (χ1n) is 19.3. The van der Waals surface area contributed by atoms with Crippen LogP contribution < -0.4 is 0 Å². The van der Waals surface area contributed by atoms with E-state index in [0.29, 0.717) is 12.8 Å². The van der Waals surface area contributed by atoms with Crippen molar-refractivity contribution in [3.8, 4) is 0 Å². The lowest BCUT2D eigenvalue weighted by Crippen LogP contribution is -2.64. The molecule has 1 aliphatic rings. The van der Waals surface area contributed by atoms with Crippen molar-refractivity contribution in [3.05, 3.63) is 36.5 Å². The van der Waals surface area contributed by atoms with Gasteiger partial charge in [-0.1, -0.05) is 108 Å². The van der Waals surface area contributed by atoms with Crippen LogP contribution in [0.4, 0.5) is 0 Å². The number of carbonyl (C=O) groups excluding carboxylic acids is 2. The van der Waals surface area contributed by atoms with Gasteiger partial charge in [0.15, 0.2) is 6.10 Å². The molecule has 0 aliphatic heterocycles. The van der Waals surface area contributed by atoms with Crippen LogP contribution in [0.5, 0.6) is 0 Å². The molecule has 0 heterocycles. The van der Waals surface area contributed by atoms with E-state index in [1.54, 1.807) is 0 Å². The van der Waals surface area contributed by atoms with E-state index >= 15 is 0 Å². The quantitative estimate of drug-likeness (QED) is 0.0219. The van der Waals surface area contributed by atoms with Crippen LogP contribution in [0, 0.1) is 0 Å². The summed E-state index contributed by atoms with van der Waals surface area (Å²) in [6, 6.07) is 0. The topological polar surface area (TPSA) is 210 Å². The molecule has 1 fully saturated rings. The second kappa shape index (κ2) is 29.4. The van der Waals surface area contributed by atoms with E-state index in [2.05, 4.69) is 38.2 Å². The summed E-state index contributed by atoms with van der Waals surface area (Å²) in [6.45, 7) is 3.14. The summed E-state index contributed by atoms with van der Waals surface area (Å²) in [6.07, 6.45) is 16.8. The Morgan fingerprint density at radius 3 is 1.71 bits per heavy atom. The number of hydrogen-bond acceptors (Lipinski definition) is 12. The first-order chi connectivity index (χ1) is 24.9. The minimum absolute atomic E-state index is 0.0118. The van der Waals surface area contributed by atoms with Crippen LogP contribution in [-0.2, 0) is 32.7 Å². The highest BCUT2D eigenvalue weighted by Gasteiger charge is 2.51. The SMILES string of the molecule is CCCC/C=C/CCCCCCC(=O)OCC(COP(=O)(O)OC1C(O)C(O)C(O)[C@@H](O)C1O)OC(=O)CC/C=C/C/C=C/CCCCCCCC. The number of ether oxygens (including phenoxy) is 2. The van der Waals surface area contributed by atoms with Gasteiger partial charge < -0.3 is 39.9 Å². The smallest absolute Gasteiger partial charge is 0.462 e. The lowest BCUT2D eigenvalue weighted by Gasteiger charge is -2.41. The van der Waals surface area contributed by atoms with Crippen LogP contribution in [0.3, 0.4) is 0 Å². The second-order valence-corrected chi connectivity index (χ2v) is 14.8. The maximum Gasteiger partial charge on any atom is 0.472 e. The fraction of sp³-hybridized carbons (Fsp3) is 0.789. The zero-order chi connectivity index (χ0) is 38.6. The van der Waals surface area contributed by atoms with Gasteiger partial charge >= 0.3 is 19.8 Å². The molecule has 0 aromatic rings. The molecule has 1 rings (SSSR count). The first-order valence-corrected chi connectivity index (χ1v) is 20.8. The van der Waals surface area contributed by atoms with Crippen molar-refractivity contribution >= 4 is 19.8 Å². The van der Waals surface area contributed by atoms with Gasteiger partial charge in [-0.25, -0.2) is 4.57 Å². The fourth-order valence-corrected chi connectivity index (χ4v) is 6.47. The van der Waals surface area contributed by atoms with E-state index in [1.807, 2.05) is 12.2 Å². The number of hydrogen-bond donors (Lipinski definition) is 6. The Bertz CT molecular complexity index is 1070. The largest absolute Gasteiger partial charge is 0.472 e. The van der Waals surface area contributed by atoms with Gasteiger partial charge in [-0.2, -0.15) is 0 Å². The van der Waals surface area contributed by atoms with Gasteiger partial charge in [-0.15, -0.1) is 0 Å². The highest BCUT2D eigenvalue weighted by atomic mass is 31.2. The molecule has 0 aromatic heterocycles. The Labute approximate surface area is 310 Å². The van der Waals surface area contributed by atoms with E-state index < -0.39 is 75.7 Å². The molecule has 13 nitrogen and oxygen atoms in total. The average molecular weight is 763 g/mol. The van der Waals surface area contributed by atoms with Gasteiger partial charge in [0, 0.05) is 12.8 Å². The molecule has 8 atom stereocenters. The van der Waals surface area contributed by atoms with Crippen LogP contribution in [0.15, 0.2) is 36.5 Å². The van der Waals surface area contributed by atoms with E-state index in [4.69, 9.17) is 18.5 Å². The van der Waals surface area contributed by atoms with Crippen molar-refractivity contribution in [2.24, 2.45) is 0 Å². The Kier molecular flexibility index (Phi) is 27.2. The Balaban J connectivity index is 2.61. The van der Waals surface area contributed by atoms with Crippen LogP contribution >= 0.6 is 7.82 Å². The number of aliphatic hydroxyl groups excluding tert-OH is 5. The molecule has 0 bridgehead atoms. The van der Waals surface area contributed by atoms with Crippen molar-refractivity contribution < 1.29 is 63.1 Å². The maximum atomic E-state index is 12.7. The Morgan fingerprint density at radius 2 is 1.10 bits per heavy atom. The van der Waals surface area contributed by atoms with Gasteiger partial charge in [0.2, 0.25) is 0 Å². The molecule has 0 saturated heterocycles. The van der Waals surface area contributed by atoms with Gasteiger partial charge in [-0.3, -0.25) is 18.6 Å². The van der Waals surface area contributed by atoms with E-state index in [9.17, 15) is 44.6 Å². The zero-order valence-electron chi connectivity index (χ0n) is 31.3. The molecule has 0 aromatic carbocycles. The van der Waals surface area contributed by atoms with Crippen LogP contribution in [-0.4, -0.2) is 98.3 Å². The lowest BCUT2D eigenvalue weighted by atomic mass is 9.85. The predicted molar refractivity (Wildman–Crippen MR) is 198 cm³/mol. The van der Waals surface area contributed by atoms with Gasteiger partial charge in [-0.05, 0) is 51.4 Å². The van der Waals surface area contributed by atoms with E-state index in [-0.39, 0.29) is 12.8 Å². The molecule has 6 N–H and O–H groups in total. The van der Waals surface area contributed by atoms with Gasteiger partial charge in [0.25, 0.3) is 0 Å². The van der Waals surface area contributed by atoms with Gasteiger partial charge in [0.05, 0.1) is 6.61 Å². The molecular formula is C38H67O13P. The minimum atomic E-state index is -5.12. The number of unbranched alkanes of at least 4 members (excludes halogenated alkanes) is 12. The molecule has 0 radical (unpaired) electrons. The van der Waals surface area contributed by atoms with E-state index in [1.165, 1.54) is 51.4 Å². The number of allylic oxidation sites excluding steroid dienone is 6.